The molecule has 0 aromatic heterocycles. The molecule has 1 atom stereocenters. The standard InChI is InChI=1S/C21H20FNO3/c22-18-3-1-2-17(5-6-18)21(9-8-20-24-10-11-25-20)19-7-4-15(13-23)12-16(19)14-26-21/h2-7,12,20H,1,8-11,14H2. The molecule has 1 unspecified atom stereocenters. The molecule has 1 aromatic carbocycles. The Labute approximate surface area is 152 Å². The fourth-order valence-electron chi connectivity index (χ4n) is 3.84. The fourth-order valence-corrected chi connectivity index (χ4v) is 3.84. The van der Waals surface area contributed by atoms with Gasteiger partial charge in [0, 0.05) is 6.42 Å². The van der Waals surface area contributed by atoms with E-state index in [0.29, 0.717) is 44.6 Å². The summed E-state index contributed by atoms with van der Waals surface area (Å²) in [5.41, 5.74) is 2.91. The largest absolute Gasteiger partial charge is 0.361 e. The van der Waals surface area contributed by atoms with E-state index in [1.807, 2.05) is 24.3 Å². The van der Waals surface area contributed by atoms with Crippen LogP contribution in [0.4, 0.5) is 4.39 Å². The molecule has 26 heavy (non-hydrogen) atoms. The average molecular weight is 353 g/mol. The van der Waals surface area contributed by atoms with Crippen LogP contribution in [0.2, 0.25) is 0 Å². The zero-order valence-electron chi connectivity index (χ0n) is 14.4. The third-order valence-corrected chi connectivity index (χ3v) is 5.11. The molecule has 5 heteroatoms. The number of nitriles is 1. The highest BCUT2D eigenvalue weighted by atomic mass is 19.1. The molecule has 0 N–H and O–H groups in total. The van der Waals surface area contributed by atoms with Crippen molar-refractivity contribution in [3.8, 4) is 6.07 Å². The molecule has 1 aliphatic carbocycles. The minimum atomic E-state index is -0.673. The molecule has 0 saturated carbocycles. The summed E-state index contributed by atoms with van der Waals surface area (Å²) in [4.78, 5) is 0. The number of nitrogens with zero attached hydrogens (tertiary/aromatic N) is 1. The Bertz CT molecular complexity index is 830. The minimum Gasteiger partial charge on any atom is -0.361 e. The highest BCUT2D eigenvalue weighted by Gasteiger charge is 2.43. The SMILES string of the molecule is N#Cc1ccc2c(c1)COC2(CCC1OCCO1)C1=CCC=C(F)C=C1. The van der Waals surface area contributed by atoms with Crippen molar-refractivity contribution < 1.29 is 18.6 Å². The predicted molar refractivity (Wildman–Crippen MR) is 93.6 cm³/mol. The van der Waals surface area contributed by atoms with Gasteiger partial charge in [-0.15, -0.1) is 0 Å². The number of rotatable bonds is 4. The van der Waals surface area contributed by atoms with Crippen molar-refractivity contribution in [2.75, 3.05) is 13.2 Å². The molecule has 1 saturated heterocycles. The zero-order valence-corrected chi connectivity index (χ0v) is 14.4. The molecule has 4 rings (SSSR count). The number of ether oxygens (including phenoxy) is 3. The summed E-state index contributed by atoms with van der Waals surface area (Å²) < 4.78 is 31.2. The Hall–Kier alpha value is -2.26. The average Bonchev–Trinajstić information content (AvgIpc) is 3.25. The third kappa shape index (κ3) is 3.12. The van der Waals surface area contributed by atoms with Gasteiger partial charge in [-0.25, -0.2) is 4.39 Å². The first kappa shape index (κ1) is 17.2. The van der Waals surface area contributed by atoms with Gasteiger partial charge >= 0.3 is 0 Å². The van der Waals surface area contributed by atoms with E-state index < -0.39 is 5.60 Å². The molecule has 0 radical (unpaired) electrons. The van der Waals surface area contributed by atoms with Gasteiger partial charge in [-0.1, -0.05) is 18.2 Å². The van der Waals surface area contributed by atoms with Gasteiger partial charge in [-0.3, -0.25) is 0 Å². The first-order valence-corrected chi connectivity index (χ1v) is 8.86. The Morgan fingerprint density at radius 2 is 2.04 bits per heavy atom. The second kappa shape index (κ2) is 7.16. The molecule has 1 aromatic rings. The maximum Gasteiger partial charge on any atom is 0.157 e. The monoisotopic (exact) mass is 353 g/mol. The van der Waals surface area contributed by atoms with Crippen LogP contribution in [0.5, 0.6) is 0 Å². The molecule has 1 fully saturated rings. The van der Waals surface area contributed by atoms with Gasteiger partial charge in [0.05, 0.1) is 31.5 Å². The van der Waals surface area contributed by atoms with Crippen molar-refractivity contribution in [3.05, 3.63) is 70.6 Å². The number of hydrogen-bond donors (Lipinski definition) is 0. The maximum atomic E-state index is 13.7. The highest BCUT2D eigenvalue weighted by Crippen LogP contribution is 2.47. The van der Waals surface area contributed by atoms with Gasteiger partial charge in [-0.2, -0.15) is 5.26 Å². The van der Waals surface area contributed by atoms with E-state index in [9.17, 15) is 4.39 Å². The van der Waals surface area contributed by atoms with Crippen LogP contribution in [-0.4, -0.2) is 19.5 Å². The molecular weight excluding hydrogens is 333 g/mol. The molecule has 0 spiro atoms. The smallest absolute Gasteiger partial charge is 0.157 e. The van der Waals surface area contributed by atoms with Crippen LogP contribution in [-0.2, 0) is 26.4 Å². The highest BCUT2D eigenvalue weighted by molar-refractivity contribution is 5.50. The van der Waals surface area contributed by atoms with E-state index >= 15 is 0 Å². The lowest BCUT2D eigenvalue weighted by atomic mass is 9.80. The summed E-state index contributed by atoms with van der Waals surface area (Å²) in [6.07, 6.45) is 8.46. The lowest BCUT2D eigenvalue weighted by Gasteiger charge is -2.32. The van der Waals surface area contributed by atoms with Crippen LogP contribution >= 0.6 is 0 Å². The van der Waals surface area contributed by atoms with E-state index in [1.165, 1.54) is 6.08 Å². The molecule has 4 nitrogen and oxygen atoms in total. The molecule has 0 amide bonds. The van der Waals surface area contributed by atoms with E-state index in [-0.39, 0.29) is 12.1 Å². The van der Waals surface area contributed by atoms with Crippen LogP contribution in [0.15, 0.2) is 53.9 Å². The zero-order chi connectivity index (χ0) is 18.0. The van der Waals surface area contributed by atoms with Gasteiger partial charge in [0.2, 0.25) is 0 Å². The van der Waals surface area contributed by atoms with Gasteiger partial charge < -0.3 is 14.2 Å². The number of fused-ring (bicyclic) bond motifs is 1. The van der Waals surface area contributed by atoms with Crippen LogP contribution in [0.3, 0.4) is 0 Å². The molecular formula is C21H20FNO3. The molecule has 134 valence electrons. The Morgan fingerprint density at radius 1 is 1.19 bits per heavy atom. The molecule has 0 bridgehead atoms. The van der Waals surface area contributed by atoms with E-state index in [0.717, 1.165) is 16.7 Å². The minimum absolute atomic E-state index is 0.233. The fraction of sp³-hybridized carbons (Fsp3) is 0.381. The van der Waals surface area contributed by atoms with Gasteiger partial charge in [0.15, 0.2) is 6.29 Å². The van der Waals surface area contributed by atoms with E-state index in [4.69, 9.17) is 19.5 Å². The number of allylic oxidation sites excluding steroid dienone is 4. The van der Waals surface area contributed by atoms with Crippen molar-refractivity contribution >= 4 is 0 Å². The van der Waals surface area contributed by atoms with Gasteiger partial charge in [-0.05, 0) is 53.8 Å². The predicted octanol–water partition coefficient (Wildman–Crippen LogP) is 4.18. The number of halogens is 1. The van der Waals surface area contributed by atoms with Crippen molar-refractivity contribution in [1.82, 2.24) is 0 Å². The molecule has 2 heterocycles. The van der Waals surface area contributed by atoms with E-state index in [1.54, 1.807) is 12.2 Å². The van der Waals surface area contributed by atoms with Crippen LogP contribution in [0, 0.1) is 11.3 Å². The summed E-state index contributed by atoms with van der Waals surface area (Å²) in [6, 6.07) is 7.82. The van der Waals surface area contributed by atoms with Crippen LogP contribution < -0.4 is 0 Å². The Morgan fingerprint density at radius 3 is 2.85 bits per heavy atom. The third-order valence-electron chi connectivity index (χ3n) is 5.11. The summed E-state index contributed by atoms with van der Waals surface area (Å²) >= 11 is 0. The van der Waals surface area contributed by atoms with Crippen LogP contribution in [0.25, 0.3) is 0 Å². The van der Waals surface area contributed by atoms with Crippen LogP contribution in [0.1, 0.15) is 36.0 Å². The van der Waals surface area contributed by atoms with Crippen molar-refractivity contribution in [2.45, 2.75) is 37.8 Å². The molecule has 3 aliphatic rings. The van der Waals surface area contributed by atoms with Gasteiger partial charge in [0.25, 0.3) is 0 Å². The summed E-state index contributed by atoms with van der Waals surface area (Å²) in [5.74, 6) is -0.244. The molecule has 2 aliphatic heterocycles. The summed E-state index contributed by atoms with van der Waals surface area (Å²) in [5, 5.41) is 9.17. The second-order valence-electron chi connectivity index (χ2n) is 6.63. The Balaban J connectivity index is 1.71. The first-order chi connectivity index (χ1) is 12.7. The maximum absolute atomic E-state index is 13.7. The number of benzene rings is 1. The lowest BCUT2D eigenvalue weighted by molar-refractivity contribution is -0.0740. The van der Waals surface area contributed by atoms with Crippen molar-refractivity contribution in [1.29, 1.82) is 5.26 Å². The quantitative estimate of drug-likeness (QED) is 0.815. The second-order valence-corrected chi connectivity index (χ2v) is 6.63. The number of hydrogen-bond acceptors (Lipinski definition) is 4. The lowest BCUT2D eigenvalue weighted by Crippen LogP contribution is -2.29. The summed E-state index contributed by atoms with van der Waals surface area (Å²) in [7, 11) is 0. The topological polar surface area (TPSA) is 51.5 Å². The van der Waals surface area contributed by atoms with Crippen molar-refractivity contribution in [2.24, 2.45) is 0 Å². The van der Waals surface area contributed by atoms with E-state index in [2.05, 4.69) is 6.07 Å². The van der Waals surface area contributed by atoms with Gasteiger partial charge in [0.1, 0.15) is 11.4 Å². The van der Waals surface area contributed by atoms with Crippen molar-refractivity contribution in [3.63, 3.8) is 0 Å². The Kier molecular flexibility index (Phi) is 4.73. The normalized spacial score (nSPS) is 25.4. The summed E-state index contributed by atoms with van der Waals surface area (Å²) in [6.45, 7) is 1.65. The first-order valence-electron chi connectivity index (χ1n) is 8.86.